The normalized spacial score (nSPS) is 18.3. The lowest BCUT2D eigenvalue weighted by atomic mass is 10.2. The SMILES string of the molecule is Cc1csc([C@@H](C#N)C=NC[C@H](c2cccs2)N2CCCC2)n1. The van der Waals surface area contributed by atoms with E-state index >= 15 is 0 Å². The Morgan fingerprint density at radius 2 is 2.26 bits per heavy atom. The van der Waals surface area contributed by atoms with Crippen molar-refractivity contribution in [1.29, 1.82) is 5.26 Å². The van der Waals surface area contributed by atoms with Crippen LogP contribution in [-0.4, -0.2) is 35.7 Å². The van der Waals surface area contributed by atoms with Crippen LogP contribution in [-0.2, 0) is 0 Å². The Kier molecular flexibility index (Phi) is 5.55. The molecule has 0 unspecified atom stereocenters. The molecule has 4 nitrogen and oxygen atoms in total. The van der Waals surface area contributed by atoms with E-state index in [0.717, 1.165) is 23.8 Å². The Labute approximate surface area is 145 Å². The minimum Gasteiger partial charge on any atom is -0.294 e. The van der Waals surface area contributed by atoms with E-state index in [2.05, 4.69) is 38.5 Å². The number of hydrogen-bond donors (Lipinski definition) is 0. The third-order valence-corrected chi connectivity index (χ3v) is 6.05. The number of aryl methyl sites for hydroxylation is 1. The number of hydrogen-bond acceptors (Lipinski definition) is 6. The highest BCUT2D eigenvalue weighted by Crippen LogP contribution is 2.28. The van der Waals surface area contributed by atoms with Gasteiger partial charge in [-0.1, -0.05) is 6.07 Å². The average Bonchev–Trinajstić information content (AvgIpc) is 3.30. The number of nitriles is 1. The maximum absolute atomic E-state index is 9.37. The fourth-order valence-corrected chi connectivity index (χ4v) is 4.51. The van der Waals surface area contributed by atoms with Crippen LogP contribution in [0.5, 0.6) is 0 Å². The van der Waals surface area contributed by atoms with Crippen LogP contribution in [0.2, 0.25) is 0 Å². The molecule has 120 valence electrons. The molecule has 2 atom stereocenters. The van der Waals surface area contributed by atoms with Crippen molar-refractivity contribution < 1.29 is 0 Å². The molecule has 3 rings (SSSR count). The molecule has 3 heterocycles. The molecule has 2 aromatic heterocycles. The van der Waals surface area contributed by atoms with E-state index in [4.69, 9.17) is 0 Å². The van der Waals surface area contributed by atoms with Gasteiger partial charge in [-0.3, -0.25) is 9.89 Å². The molecule has 0 aromatic carbocycles. The van der Waals surface area contributed by atoms with Gasteiger partial charge in [0.1, 0.15) is 10.9 Å². The molecule has 0 spiro atoms. The first-order valence-electron chi connectivity index (χ1n) is 7.87. The van der Waals surface area contributed by atoms with Gasteiger partial charge in [0.15, 0.2) is 0 Å². The molecular weight excluding hydrogens is 324 g/mol. The van der Waals surface area contributed by atoms with Gasteiger partial charge in [-0.05, 0) is 44.3 Å². The van der Waals surface area contributed by atoms with Gasteiger partial charge in [0.05, 0.1) is 18.7 Å². The number of nitrogens with zero attached hydrogens (tertiary/aromatic N) is 4. The largest absolute Gasteiger partial charge is 0.294 e. The van der Waals surface area contributed by atoms with Gasteiger partial charge < -0.3 is 0 Å². The summed E-state index contributed by atoms with van der Waals surface area (Å²) in [6.07, 6.45) is 4.31. The van der Waals surface area contributed by atoms with Crippen molar-refractivity contribution in [1.82, 2.24) is 9.88 Å². The summed E-state index contributed by atoms with van der Waals surface area (Å²) < 4.78 is 0. The minimum absolute atomic E-state index is 0.337. The van der Waals surface area contributed by atoms with Crippen LogP contribution in [0.3, 0.4) is 0 Å². The molecule has 0 saturated carbocycles. The molecule has 0 aliphatic carbocycles. The van der Waals surface area contributed by atoms with Crippen LogP contribution in [0.25, 0.3) is 0 Å². The summed E-state index contributed by atoms with van der Waals surface area (Å²) in [7, 11) is 0. The summed E-state index contributed by atoms with van der Waals surface area (Å²) in [5, 5.41) is 14.3. The zero-order valence-corrected chi connectivity index (χ0v) is 14.8. The molecule has 1 fully saturated rings. The van der Waals surface area contributed by atoms with Gasteiger partial charge in [-0.2, -0.15) is 5.26 Å². The Bertz CT molecular complexity index is 678. The molecule has 6 heteroatoms. The Hall–Kier alpha value is -1.55. The maximum Gasteiger partial charge on any atom is 0.133 e. The lowest BCUT2D eigenvalue weighted by Gasteiger charge is -2.25. The Morgan fingerprint density at radius 3 is 2.87 bits per heavy atom. The van der Waals surface area contributed by atoms with Crippen LogP contribution >= 0.6 is 22.7 Å². The fourth-order valence-electron chi connectivity index (χ4n) is 2.85. The maximum atomic E-state index is 9.37. The standard InChI is InChI=1S/C17H20N4S2/c1-13-12-23-17(20-13)14(9-18)10-19-11-15(16-5-4-8-22-16)21-6-2-3-7-21/h4-5,8,10,12,14-15H,2-3,6-7,11H2,1H3/t14-,15+/m0/s1. The van der Waals surface area contributed by atoms with Gasteiger partial charge in [0, 0.05) is 22.2 Å². The lowest BCUT2D eigenvalue weighted by molar-refractivity contribution is 0.255. The highest BCUT2D eigenvalue weighted by Gasteiger charge is 2.24. The van der Waals surface area contributed by atoms with E-state index in [1.165, 1.54) is 29.1 Å². The van der Waals surface area contributed by atoms with Gasteiger partial charge in [-0.15, -0.1) is 22.7 Å². The van der Waals surface area contributed by atoms with E-state index in [9.17, 15) is 5.26 Å². The van der Waals surface area contributed by atoms with Crippen LogP contribution in [0.4, 0.5) is 0 Å². The third kappa shape index (κ3) is 4.05. The molecule has 2 aromatic rings. The summed E-state index contributed by atoms with van der Waals surface area (Å²) in [4.78, 5) is 12.9. The summed E-state index contributed by atoms with van der Waals surface area (Å²) in [6.45, 7) is 4.95. The number of thiophene rings is 1. The summed E-state index contributed by atoms with van der Waals surface area (Å²) in [6, 6.07) is 6.93. The van der Waals surface area contributed by atoms with E-state index < -0.39 is 0 Å². The highest BCUT2D eigenvalue weighted by molar-refractivity contribution is 7.10. The topological polar surface area (TPSA) is 52.3 Å². The predicted molar refractivity (Wildman–Crippen MR) is 96.4 cm³/mol. The molecular formula is C17H20N4S2. The van der Waals surface area contributed by atoms with E-state index in [-0.39, 0.29) is 5.92 Å². The second-order valence-corrected chi connectivity index (χ2v) is 7.59. The number of aromatic nitrogens is 1. The van der Waals surface area contributed by atoms with Crippen molar-refractivity contribution in [3.8, 4) is 6.07 Å². The molecule has 1 saturated heterocycles. The molecule has 1 aliphatic rings. The average molecular weight is 345 g/mol. The van der Waals surface area contributed by atoms with Gasteiger partial charge in [0.2, 0.25) is 0 Å². The summed E-state index contributed by atoms with van der Waals surface area (Å²) in [5.74, 6) is -0.337. The molecule has 0 amide bonds. The molecule has 0 radical (unpaired) electrons. The fraction of sp³-hybridized carbons (Fsp3) is 0.471. The quantitative estimate of drug-likeness (QED) is 0.744. The van der Waals surface area contributed by atoms with Crippen molar-refractivity contribution in [2.45, 2.75) is 31.7 Å². The molecule has 23 heavy (non-hydrogen) atoms. The zero-order chi connectivity index (χ0) is 16.1. The Morgan fingerprint density at radius 1 is 1.43 bits per heavy atom. The van der Waals surface area contributed by atoms with Gasteiger partial charge in [-0.25, -0.2) is 4.98 Å². The van der Waals surface area contributed by atoms with Crippen molar-refractivity contribution in [3.63, 3.8) is 0 Å². The lowest BCUT2D eigenvalue weighted by Crippen LogP contribution is -2.27. The second-order valence-electron chi connectivity index (χ2n) is 5.72. The number of likely N-dealkylation sites (tertiary alicyclic amines) is 1. The van der Waals surface area contributed by atoms with Gasteiger partial charge >= 0.3 is 0 Å². The number of thiazole rings is 1. The van der Waals surface area contributed by atoms with Crippen molar-refractivity contribution in [2.75, 3.05) is 19.6 Å². The van der Waals surface area contributed by atoms with E-state index in [0.29, 0.717) is 12.6 Å². The van der Waals surface area contributed by atoms with Crippen molar-refractivity contribution in [3.05, 3.63) is 38.5 Å². The van der Waals surface area contributed by atoms with Crippen LogP contribution in [0.1, 0.15) is 40.4 Å². The van der Waals surface area contributed by atoms with Crippen LogP contribution in [0.15, 0.2) is 27.9 Å². The zero-order valence-electron chi connectivity index (χ0n) is 13.2. The van der Waals surface area contributed by atoms with Crippen molar-refractivity contribution in [2.24, 2.45) is 4.99 Å². The summed E-state index contributed by atoms with van der Waals surface area (Å²) >= 11 is 3.32. The third-order valence-electron chi connectivity index (χ3n) is 4.03. The molecule has 1 aliphatic heterocycles. The second kappa shape index (κ2) is 7.82. The first-order valence-corrected chi connectivity index (χ1v) is 9.63. The minimum atomic E-state index is -0.337. The Balaban J connectivity index is 1.69. The highest BCUT2D eigenvalue weighted by atomic mass is 32.1. The van der Waals surface area contributed by atoms with Gasteiger partial charge in [0.25, 0.3) is 0 Å². The van der Waals surface area contributed by atoms with Crippen molar-refractivity contribution >= 4 is 28.9 Å². The number of aliphatic imine (C=N–C) groups is 1. The monoisotopic (exact) mass is 344 g/mol. The van der Waals surface area contributed by atoms with Crippen LogP contribution in [0, 0.1) is 18.3 Å². The molecule has 0 bridgehead atoms. The summed E-state index contributed by atoms with van der Waals surface area (Å²) in [5.41, 5.74) is 0.965. The predicted octanol–water partition coefficient (Wildman–Crippen LogP) is 4.03. The van der Waals surface area contributed by atoms with Crippen LogP contribution < -0.4 is 0 Å². The first-order chi connectivity index (χ1) is 11.3. The number of rotatable bonds is 6. The van der Waals surface area contributed by atoms with E-state index in [1.54, 1.807) is 17.6 Å². The van der Waals surface area contributed by atoms with E-state index in [1.807, 2.05) is 12.3 Å². The molecule has 0 N–H and O–H groups in total. The smallest absolute Gasteiger partial charge is 0.133 e. The first kappa shape index (κ1) is 16.3.